The summed E-state index contributed by atoms with van der Waals surface area (Å²) in [7, 11) is 0. The van der Waals surface area contributed by atoms with Gasteiger partial charge in [0.1, 0.15) is 5.82 Å². The van der Waals surface area contributed by atoms with Gasteiger partial charge in [-0.15, -0.1) is 11.6 Å². The van der Waals surface area contributed by atoms with E-state index in [1.165, 1.54) is 11.1 Å². The van der Waals surface area contributed by atoms with Crippen LogP contribution < -0.4 is 0 Å². The van der Waals surface area contributed by atoms with Crippen LogP contribution in [0.1, 0.15) is 11.4 Å². The predicted octanol–water partition coefficient (Wildman–Crippen LogP) is 4.88. The van der Waals surface area contributed by atoms with Crippen molar-refractivity contribution in [1.82, 2.24) is 9.55 Å². The summed E-state index contributed by atoms with van der Waals surface area (Å²) in [5.74, 6) is 1.67. The molecule has 0 spiro atoms. The summed E-state index contributed by atoms with van der Waals surface area (Å²) < 4.78 is 3.37. The van der Waals surface area contributed by atoms with Gasteiger partial charge < -0.3 is 4.57 Å². The average Bonchev–Trinajstić information content (AvgIpc) is 3.04. The van der Waals surface area contributed by atoms with Crippen molar-refractivity contribution in [2.75, 3.05) is 5.88 Å². The van der Waals surface area contributed by atoms with E-state index in [1.54, 1.807) is 11.3 Å². The molecule has 104 valence electrons. The number of imidazole rings is 1. The van der Waals surface area contributed by atoms with E-state index in [9.17, 15) is 0 Å². The molecule has 0 unspecified atom stereocenters. The number of fused-ring (bicyclic) bond motifs is 1. The molecule has 0 N–H and O–H groups in total. The lowest BCUT2D eigenvalue weighted by Crippen LogP contribution is -2.06. The largest absolute Gasteiger partial charge is 0.328 e. The van der Waals surface area contributed by atoms with Gasteiger partial charge in [-0.3, -0.25) is 0 Å². The number of aryl methyl sites for hydroxylation is 3. The summed E-state index contributed by atoms with van der Waals surface area (Å²) in [5.41, 5.74) is 3.59. The molecule has 0 fully saturated rings. The second kappa shape index (κ2) is 6.29. The molecule has 2 heterocycles. The van der Waals surface area contributed by atoms with Crippen LogP contribution in [0.4, 0.5) is 0 Å². The van der Waals surface area contributed by atoms with Crippen LogP contribution in [-0.4, -0.2) is 15.4 Å². The fourth-order valence-corrected chi connectivity index (χ4v) is 3.57. The standard InChI is InChI=1S/C15H14BrClN2S/c16-12-1-2-13-14(9-12)19(15(18-13)3-6-17)7-4-11-5-8-20-10-11/h1-2,5,8-10H,3-4,6-7H2. The third-order valence-electron chi connectivity index (χ3n) is 3.31. The Kier molecular flexibility index (Phi) is 4.44. The normalized spacial score (nSPS) is 11.3. The molecule has 0 atom stereocenters. The van der Waals surface area contributed by atoms with Gasteiger partial charge in [-0.2, -0.15) is 11.3 Å². The Bertz CT molecular complexity index is 706. The summed E-state index contributed by atoms with van der Waals surface area (Å²) in [6.07, 6.45) is 1.83. The Labute approximate surface area is 135 Å². The van der Waals surface area contributed by atoms with Crippen molar-refractivity contribution in [3.63, 3.8) is 0 Å². The number of thiophene rings is 1. The molecule has 0 saturated heterocycles. The number of hydrogen-bond acceptors (Lipinski definition) is 2. The Morgan fingerprint density at radius 1 is 1.25 bits per heavy atom. The lowest BCUT2D eigenvalue weighted by molar-refractivity contribution is 0.676. The highest BCUT2D eigenvalue weighted by Gasteiger charge is 2.10. The van der Waals surface area contributed by atoms with Crippen LogP contribution in [0.2, 0.25) is 0 Å². The zero-order valence-corrected chi connectivity index (χ0v) is 14.0. The number of halogens is 2. The quantitative estimate of drug-likeness (QED) is 0.586. The van der Waals surface area contributed by atoms with Gasteiger partial charge in [-0.1, -0.05) is 15.9 Å². The minimum Gasteiger partial charge on any atom is -0.328 e. The topological polar surface area (TPSA) is 17.8 Å². The van der Waals surface area contributed by atoms with E-state index in [0.717, 1.165) is 35.2 Å². The van der Waals surface area contributed by atoms with Crippen molar-refractivity contribution in [1.29, 1.82) is 0 Å². The summed E-state index contributed by atoms with van der Waals surface area (Å²) >= 11 is 11.2. The number of hydrogen-bond donors (Lipinski definition) is 0. The van der Waals surface area contributed by atoms with Crippen molar-refractivity contribution in [2.45, 2.75) is 19.4 Å². The van der Waals surface area contributed by atoms with E-state index < -0.39 is 0 Å². The lowest BCUT2D eigenvalue weighted by atomic mass is 10.2. The van der Waals surface area contributed by atoms with E-state index >= 15 is 0 Å². The number of aromatic nitrogens is 2. The number of nitrogens with zero attached hydrogens (tertiary/aromatic N) is 2. The van der Waals surface area contributed by atoms with Gasteiger partial charge in [-0.05, 0) is 47.0 Å². The van der Waals surface area contributed by atoms with E-state index in [-0.39, 0.29) is 0 Å². The molecule has 2 nitrogen and oxygen atoms in total. The summed E-state index contributed by atoms with van der Waals surface area (Å²) in [6.45, 7) is 0.940. The van der Waals surface area contributed by atoms with E-state index in [0.29, 0.717) is 5.88 Å². The van der Waals surface area contributed by atoms with Crippen LogP contribution in [0, 0.1) is 0 Å². The number of alkyl halides is 1. The highest BCUT2D eigenvalue weighted by atomic mass is 79.9. The first kappa shape index (κ1) is 14.1. The first-order chi connectivity index (χ1) is 9.78. The Balaban J connectivity index is 1.96. The first-order valence-corrected chi connectivity index (χ1v) is 8.76. The maximum atomic E-state index is 5.91. The number of rotatable bonds is 5. The molecule has 0 aliphatic carbocycles. The number of benzene rings is 1. The van der Waals surface area contributed by atoms with Crippen molar-refractivity contribution in [3.05, 3.63) is 50.9 Å². The van der Waals surface area contributed by atoms with Gasteiger partial charge in [0, 0.05) is 23.3 Å². The van der Waals surface area contributed by atoms with Gasteiger partial charge in [0.25, 0.3) is 0 Å². The zero-order valence-electron chi connectivity index (χ0n) is 10.9. The second-order valence-corrected chi connectivity index (χ2v) is 6.71. The molecule has 0 saturated carbocycles. The van der Waals surface area contributed by atoms with Gasteiger partial charge in [-0.25, -0.2) is 4.98 Å². The predicted molar refractivity (Wildman–Crippen MR) is 89.9 cm³/mol. The monoisotopic (exact) mass is 368 g/mol. The lowest BCUT2D eigenvalue weighted by Gasteiger charge is -2.08. The van der Waals surface area contributed by atoms with Crippen LogP contribution in [0.5, 0.6) is 0 Å². The maximum Gasteiger partial charge on any atom is 0.111 e. The van der Waals surface area contributed by atoms with Crippen LogP contribution >= 0.6 is 38.9 Å². The maximum absolute atomic E-state index is 5.91. The van der Waals surface area contributed by atoms with Crippen molar-refractivity contribution >= 4 is 49.9 Å². The van der Waals surface area contributed by atoms with Crippen molar-refractivity contribution < 1.29 is 0 Å². The van der Waals surface area contributed by atoms with Crippen LogP contribution in [0.25, 0.3) is 11.0 Å². The van der Waals surface area contributed by atoms with Crippen molar-refractivity contribution in [2.24, 2.45) is 0 Å². The smallest absolute Gasteiger partial charge is 0.111 e. The third kappa shape index (κ3) is 2.92. The minimum atomic E-state index is 0.600. The molecule has 0 aliphatic rings. The van der Waals surface area contributed by atoms with Gasteiger partial charge >= 0.3 is 0 Å². The van der Waals surface area contributed by atoms with Gasteiger partial charge in [0.05, 0.1) is 11.0 Å². The fraction of sp³-hybridized carbons (Fsp3) is 0.267. The SMILES string of the molecule is ClCCc1nc2ccc(Br)cc2n1CCc1ccsc1. The zero-order chi connectivity index (χ0) is 13.9. The summed E-state index contributed by atoms with van der Waals surface area (Å²) in [5, 5.41) is 4.33. The highest BCUT2D eigenvalue weighted by molar-refractivity contribution is 9.10. The second-order valence-electron chi connectivity index (χ2n) is 4.63. The molecule has 20 heavy (non-hydrogen) atoms. The molecule has 0 radical (unpaired) electrons. The van der Waals surface area contributed by atoms with E-state index in [4.69, 9.17) is 16.6 Å². The minimum absolute atomic E-state index is 0.600. The molecule has 0 bridgehead atoms. The Morgan fingerprint density at radius 3 is 2.90 bits per heavy atom. The first-order valence-electron chi connectivity index (χ1n) is 6.49. The fourth-order valence-electron chi connectivity index (χ4n) is 2.35. The Morgan fingerprint density at radius 2 is 2.15 bits per heavy atom. The summed E-state index contributed by atoms with van der Waals surface area (Å²) in [6, 6.07) is 8.40. The third-order valence-corrected chi connectivity index (χ3v) is 4.73. The van der Waals surface area contributed by atoms with E-state index in [2.05, 4.69) is 49.5 Å². The molecule has 0 amide bonds. The molecule has 3 aromatic rings. The highest BCUT2D eigenvalue weighted by Crippen LogP contribution is 2.22. The molecule has 0 aliphatic heterocycles. The van der Waals surface area contributed by atoms with Gasteiger partial charge in [0.2, 0.25) is 0 Å². The van der Waals surface area contributed by atoms with Crippen molar-refractivity contribution in [3.8, 4) is 0 Å². The van der Waals surface area contributed by atoms with Crippen LogP contribution in [-0.2, 0) is 19.4 Å². The summed E-state index contributed by atoms with van der Waals surface area (Å²) in [4.78, 5) is 4.70. The van der Waals surface area contributed by atoms with Crippen LogP contribution in [0.15, 0.2) is 39.5 Å². The van der Waals surface area contributed by atoms with E-state index in [1.807, 2.05) is 6.07 Å². The molecule has 3 rings (SSSR count). The molecular weight excluding hydrogens is 356 g/mol. The average molecular weight is 370 g/mol. The van der Waals surface area contributed by atoms with Gasteiger partial charge in [0.15, 0.2) is 0 Å². The molecule has 1 aromatic carbocycles. The Hall–Kier alpha value is -0.840. The molecule has 5 heteroatoms. The van der Waals surface area contributed by atoms with Crippen LogP contribution in [0.3, 0.4) is 0 Å². The molecule has 2 aromatic heterocycles. The molecular formula is C15H14BrClN2S.